The van der Waals surface area contributed by atoms with Gasteiger partial charge in [-0.05, 0) is 97.4 Å². The van der Waals surface area contributed by atoms with Crippen LogP contribution in [0, 0.1) is 0 Å². The lowest BCUT2D eigenvalue weighted by molar-refractivity contribution is 1.31. The van der Waals surface area contributed by atoms with Crippen molar-refractivity contribution < 1.29 is 0 Å². The normalized spacial score (nSPS) is 11.7. The Labute approximate surface area is 350 Å². The lowest BCUT2D eigenvalue weighted by atomic mass is 9.98. The molecular weight excluding hydrogens is 751 g/mol. The highest BCUT2D eigenvalue weighted by molar-refractivity contribution is 7.26. The minimum Gasteiger partial charge on any atom is -0.310 e. The van der Waals surface area contributed by atoms with Crippen LogP contribution in [0.5, 0.6) is 0 Å². The maximum absolute atomic E-state index is 2.51. The molecule has 0 aliphatic heterocycles. The Morgan fingerprint density at radius 1 is 0.305 bits per heavy atom. The van der Waals surface area contributed by atoms with Crippen molar-refractivity contribution in [3.05, 3.63) is 212 Å². The molecule has 0 spiro atoms. The summed E-state index contributed by atoms with van der Waals surface area (Å²) in [5, 5.41) is 10.1. The van der Waals surface area contributed by atoms with E-state index < -0.39 is 0 Å². The smallest absolute Gasteiger partial charge is 0.0555 e. The third kappa shape index (κ3) is 5.73. The third-order valence-corrected chi connectivity index (χ3v) is 14.1. The van der Waals surface area contributed by atoms with Crippen molar-refractivity contribution in [1.29, 1.82) is 0 Å². The predicted octanol–water partition coefficient (Wildman–Crippen LogP) is 17.2. The average Bonchev–Trinajstić information content (AvgIpc) is 3.88. The molecule has 0 bridgehead atoms. The fourth-order valence-corrected chi connectivity index (χ4v) is 11.5. The number of nitrogens with zero attached hydrogens (tertiary/aromatic N) is 1. The second-order valence-electron chi connectivity index (χ2n) is 15.3. The van der Waals surface area contributed by atoms with Crippen molar-refractivity contribution in [2.45, 2.75) is 0 Å². The Kier molecular flexibility index (Phi) is 7.97. The highest BCUT2D eigenvalue weighted by atomic mass is 32.1. The highest BCUT2D eigenvalue weighted by Crippen LogP contribution is 2.50. The molecule has 0 radical (unpaired) electrons. The Morgan fingerprint density at radius 3 is 1.54 bits per heavy atom. The Balaban J connectivity index is 1.12. The average molecular weight is 786 g/mol. The molecule has 2 aromatic heterocycles. The molecule has 10 aromatic carbocycles. The van der Waals surface area contributed by atoms with E-state index in [1.54, 1.807) is 0 Å². The van der Waals surface area contributed by atoms with Crippen molar-refractivity contribution in [2.24, 2.45) is 0 Å². The van der Waals surface area contributed by atoms with Crippen LogP contribution >= 0.6 is 22.7 Å². The first-order chi connectivity index (χ1) is 29.2. The minimum atomic E-state index is 1.13. The molecule has 0 saturated heterocycles. The number of hydrogen-bond acceptors (Lipinski definition) is 3. The van der Waals surface area contributed by atoms with Crippen molar-refractivity contribution in [3.8, 4) is 33.4 Å². The summed E-state index contributed by atoms with van der Waals surface area (Å²) < 4.78 is 5.15. The molecule has 0 unspecified atom stereocenters. The van der Waals surface area contributed by atoms with Crippen molar-refractivity contribution in [1.82, 2.24) is 0 Å². The Morgan fingerprint density at radius 2 is 0.831 bits per heavy atom. The van der Waals surface area contributed by atoms with Crippen LogP contribution in [0.1, 0.15) is 0 Å². The summed E-state index contributed by atoms with van der Waals surface area (Å²) in [5.41, 5.74) is 10.9. The van der Waals surface area contributed by atoms with Gasteiger partial charge in [0.05, 0.1) is 5.69 Å². The van der Waals surface area contributed by atoms with Crippen LogP contribution < -0.4 is 4.90 Å². The van der Waals surface area contributed by atoms with Gasteiger partial charge in [-0.1, -0.05) is 170 Å². The first-order valence-corrected chi connectivity index (χ1v) is 21.7. The highest BCUT2D eigenvalue weighted by Gasteiger charge is 2.23. The van der Waals surface area contributed by atoms with Gasteiger partial charge in [-0.25, -0.2) is 0 Å². The van der Waals surface area contributed by atoms with Crippen molar-refractivity contribution in [2.75, 3.05) is 4.90 Å². The van der Waals surface area contributed by atoms with E-state index in [2.05, 4.69) is 217 Å². The van der Waals surface area contributed by atoms with E-state index in [-0.39, 0.29) is 0 Å². The van der Waals surface area contributed by atoms with Gasteiger partial charge in [0.1, 0.15) is 0 Å². The fourth-order valence-electron chi connectivity index (χ4n) is 8.97. The van der Waals surface area contributed by atoms with E-state index in [4.69, 9.17) is 0 Å². The van der Waals surface area contributed by atoms with Gasteiger partial charge in [0.25, 0.3) is 0 Å². The molecule has 0 fully saturated rings. The summed E-state index contributed by atoms with van der Waals surface area (Å²) in [6, 6.07) is 78.2. The molecule has 276 valence electrons. The van der Waals surface area contributed by atoms with Gasteiger partial charge in [-0.2, -0.15) is 0 Å². The van der Waals surface area contributed by atoms with E-state index in [1.165, 1.54) is 101 Å². The summed E-state index contributed by atoms with van der Waals surface area (Å²) in [6.07, 6.45) is 0. The lowest BCUT2D eigenvalue weighted by Gasteiger charge is -2.27. The zero-order valence-electron chi connectivity index (χ0n) is 32.0. The zero-order valence-corrected chi connectivity index (χ0v) is 33.6. The van der Waals surface area contributed by atoms with Crippen LogP contribution in [0.3, 0.4) is 0 Å². The van der Waals surface area contributed by atoms with E-state index in [0.717, 1.165) is 11.4 Å². The number of thiophene rings is 2. The monoisotopic (exact) mass is 785 g/mol. The maximum Gasteiger partial charge on any atom is 0.0555 e. The molecule has 0 atom stereocenters. The second kappa shape index (κ2) is 13.8. The van der Waals surface area contributed by atoms with Gasteiger partial charge >= 0.3 is 0 Å². The quantitative estimate of drug-likeness (QED) is 0.152. The molecule has 0 amide bonds. The largest absolute Gasteiger partial charge is 0.310 e. The van der Waals surface area contributed by atoms with Crippen molar-refractivity contribution in [3.63, 3.8) is 0 Å². The predicted molar refractivity (Wildman–Crippen MR) is 258 cm³/mol. The van der Waals surface area contributed by atoms with Crippen LogP contribution in [-0.4, -0.2) is 0 Å². The summed E-state index contributed by atoms with van der Waals surface area (Å²) in [6.45, 7) is 0. The van der Waals surface area contributed by atoms with Gasteiger partial charge in [-0.15, -0.1) is 22.7 Å². The third-order valence-electron chi connectivity index (χ3n) is 11.8. The second-order valence-corrected chi connectivity index (χ2v) is 17.4. The number of hydrogen-bond donors (Lipinski definition) is 0. The number of benzene rings is 10. The van der Waals surface area contributed by atoms with Crippen LogP contribution in [0.2, 0.25) is 0 Å². The Hall–Kier alpha value is -7.04. The van der Waals surface area contributed by atoms with Crippen molar-refractivity contribution >= 4 is 102 Å². The maximum atomic E-state index is 2.51. The molecule has 12 rings (SSSR count). The topological polar surface area (TPSA) is 3.24 Å². The number of rotatable bonds is 6. The zero-order chi connectivity index (χ0) is 38.9. The molecule has 12 aromatic rings. The minimum absolute atomic E-state index is 1.13. The first kappa shape index (κ1) is 34.0. The molecule has 3 heteroatoms. The Bertz CT molecular complexity index is 3550. The summed E-state index contributed by atoms with van der Waals surface area (Å²) in [5.74, 6) is 0. The van der Waals surface area contributed by atoms with Crippen LogP contribution in [-0.2, 0) is 0 Å². The molecule has 0 aliphatic carbocycles. The molecule has 59 heavy (non-hydrogen) atoms. The van der Waals surface area contributed by atoms with Crippen LogP contribution in [0.15, 0.2) is 212 Å². The fraction of sp³-hybridized carbons (Fsp3) is 0. The van der Waals surface area contributed by atoms with Gasteiger partial charge < -0.3 is 4.90 Å². The standard InChI is InChI=1S/C56H35NS2/c1-4-12-36(13-5-1)41-23-27-47-48-29-26-44(35-54(48)58-52(47)32-41)57(43-25-22-40-21-20-39-18-10-11-19-45(39)50(40)34-43)51-31-30-46(38-16-8-3-9-17-38)56-55(51)49-28-24-42(33-53(49)59-56)37-14-6-2-7-15-37/h1-35H. The van der Waals surface area contributed by atoms with E-state index >= 15 is 0 Å². The first-order valence-electron chi connectivity index (χ1n) is 20.1. The lowest BCUT2D eigenvalue weighted by Crippen LogP contribution is -2.10. The van der Waals surface area contributed by atoms with Crippen LogP contribution in [0.4, 0.5) is 17.1 Å². The van der Waals surface area contributed by atoms with Gasteiger partial charge in [0, 0.05) is 51.7 Å². The van der Waals surface area contributed by atoms with Gasteiger partial charge in [-0.3, -0.25) is 0 Å². The van der Waals surface area contributed by atoms with Crippen LogP contribution in [0.25, 0.3) is 95.3 Å². The summed E-state index contributed by atoms with van der Waals surface area (Å²) in [7, 11) is 0. The molecular formula is C56H35NS2. The van der Waals surface area contributed by atoms with E-state index in [9.17, 15) is 0 Å². The van der Waals surface area contributed by atoms with E-state index in [1.807, 2.05) is 22.7 Å². The van der Waals surface area contributed by atoms with Gasteiger partial charge in [0.15, 0.2) is 0 Å². The summed E-state index contributed by atoms with van der Waals surface area (Å²) in [4.78, 5) is 2.51. The van der Waals surface area contributed by atoms with Gasteiger partial charge in [0.2, 0.25) is 0 Å². The number of fused-ring (bicyclic) bond motifs is 9. The molecule has 0 aliphatic rings. The van der Waals surface area contributed by atoms with E-state index in [0.29, 0.717) is 0 Å². The SMILES string of the molecule is c1ccc(-c2ccc3c(c2)sc2cc(N(c4ccc5ccc6ccccc6c5c4)c4ccc(-c5ccccc5)c5sc6cc(-c7ccccc7)ccc6c45)ccc23)cc1. The molecule has 0 saturated carbocycles. The molecule has 1 nitrogen and oxygen atoms in total. The molecule has 0 N–H and O–H groups in total. The molecule has 2 heterocycles. The number of anilines is 3. The summed E-state index contributed by atoms with van der Waals surface area (Å²) >= 11 is 3.78.